The zero-order valence-corrected chi connectivity index (χ0v) is 18.1. The highest BCUT2D eigenvalue weighted by Gasteiger charge is 2.20. The summed E-state index contributed by atoms with van der Waals surface area (Å²) in [6, 6.07) is 18.2. The summed E-state index contributed by atoms with van der Waals surface area (Å²) in [4.78, 5) is 24.2. The molecule has 0 radical (unpaired) electrons. The largest absolute Gasteiger partial charge is 0.481 e. The first-order valence-electron chi connectivity index (χ1n) is 10.5. The van der Waals surface area contributed by atoms with Crippen molar-refractivity contribution in [3.63, 3.8) is 0 Å². The molecule has 172 valence electrons. The van der Waals surface area contributed by atoms with Gasteiger partial charge in [0.15, 0.2) is 0 Å². The smallest absolute Gasteiger partial charge is 0.322 e. The van der Waals surface area contributed by atoms with Gasteiger partial charge in [0.05, 0.1) is 12.1 Å². The van der Waals surface area contributed by atoms with E-state index in [0.717, 1.165) is 5.56 Å². The van der Waals surface area contributed by atoms with Gasteiger partial charge in [0.1, 0.15) is 17.4 Å². The Kier molecular flexibility index (Phi) is 6.92. The summed E-state index contributed by atoms with van der Waals surface area (Å²) < 4.78 is 19.1. The number of nitrogens with two attached hydrogens (primary N) is 1. The van der Waals surface area contributed by atoms with E-state index in [0.29, 0.717) is 35.1 Å². The lowest BCUT2D eigenvalue weighted by Gasteiger charge is -2.15. The summed E-state index contributed by atoms with van der Waals surface area (Å²) in [5, 5.41) is 12.6. The highest BCUT2D eigenvalue weighted by molar-refractivity contribution is 5.68. The fraction of sp³-hybridized carbons (Fsp3) is 0.120. The molecular weight excluding hydrogens is 437 g/mol. The summed E-state index contributed by atoms with van der Waals surface area (Å²) in [6.07, 6.45) is 2.94. The molecule has 4 aromatic rings. The number of nitrogens with zero attached hydrogens (tertiary/aromatic N) is 3. The Labute approximate surface area is 195 Å². The van der Waals surface area contributed by atoms with Gasteiger partial charge in [-0.3, -0.25) is 4.79 Å². The summed E-state index contributed by atoms with van der Waals surface area (Å²) in [5.41, 5.74) is 8.50. The van der Waals surface area contributed by atoms with Crippen LogP contribution in [-0.2, 0) is 11.3 Å². The van der Waals surface area contributed by atoms with Gasteiger partial charge in [-0.05, 0) is 47.5 Å². The van der Waals surface area contributed by atoms with Crippen LogP contribution in [-0.4, -0.2) is 26.0 Å². The number of halogens is 1. The highest BCUT2D eigenvalue weighted by atomic mass is 19.1. The standard InChI is InChI=1S/C25H22FN5O3/c26-18-5-3-17(4-6-18)21(14-24(32)33)22-10-12-29-25(31-22)34-20-7-1-16(2-8-20)15-30-23-13-19(27)9-11-28-23/h1-13,21H,14-15H2,(H,32,33)(H3,27,28,30). The van der Waals surface area contributed by atoms with E-state index in [1.165, 1.54) is 18.3 Å². The first-order valence-corrected chi connectivity index (χ1v) is 10.5. The van der Waals surface area contributed by atoms with Crippen LogP contribution in [0.5, 0.6) is 11.8 Å². The Balaban J connectivity index is 1.45. The first-order chi connectivity index (χ1) is 16.5. The predicted molar refractivity (Wildman–Crippen MR) is 125 cm³/mol. The number of hydrogen-bond donors (Lipinski definition) is 3. The zero-order valence-electron chi connectivity index (χ0n) is 18.1. The minimum atomic E-state index is -0.993. The second kappa shape index (κ2) is 10.4. The van der Waals surface area contributed by atoms with Gasteiger partial charge in [0.2, 0.25) is 0 Å². The number of carboxylic acids is 1. The predicted octanol–water partition coefficient (Wildman–Crippen LogP) is 4.60. The van der Waals surface area contributed by atoms with Crippen LogP contribution in [0, 0.1) is 5.82 Å². The molecule has 0 aliphatic carbocycles. The fourth-order valence-corrected chi connectivity index (χ4v) is 3.38. The van der Waals surface area contributed by atoms with Gasteiger partial charge in [-0.25, -0.2) is 14.4 Å². The Morgan fingerprint density at radius 1 is 1.03 bits per heavy atom. The van der Waals surface area contributed by atoms with Crippen LogP contribution >= 0.6 is 0 Å². The van der Waals surface area contributed by atoms with E-state index in [9.17, 15) is 14.3 Å². The number of benzene rings is 2. The topological polar surface area (TPSA) is 123 Å². The third-order valence-corrected chi connectivity index (χ3v) is 5.05. The number of ether oxygens (including phenoxy) is 1. The Morgan fingerprint density at radius 2 is 1.76 bits per heavy atom. The maximum absolute atomic E-state index is 13.3. The molecule has 0 amide bonds. The number of anilines is 2. The molecule has 0 spiro atoms. The summed E-state index contributed by atoms with van der Waals surface area (Å²) in [5.74, 6) is -0.750. The minimum absolute atomic E-state index is 0.0878. The third kappa shape index (κ3) is 6.04. The monoisotopic (exact) mass is 459 g/mol. The van der Waals surface area contributed by atoms with Crippen LogP contribution in [0.15, 0.2) is 79.1 Å². The van der Waals surface area contributed by atoms with Crippen LogP contribution in [0.1, 0.15) is 29.2 Å². The summed E-state index contributed by atoms with van der Waals surface area (Å²) in [7, 11) is 0. The average molecular weight is 459 g/mol. The van der Waals surface area contributed by atoms with Crippen molar-refractivity contribution < 1.29 is 19.0 Å². The molecule has 2 aromatic carbocycles. The molecule has 34 heavy (non-hydrogen) atoms. The van der Waals surface area contributed by atoms with Crippen LogP contribution in [0.25, 0.3) is 0 Å². The molecule has 0 fully saturated rings. The van der Waals surface area contributed by atoms with E-state index in [-0.39, 0.29) is 12.4 Å². The van der Waals surface area contributed by atoms with Crippen molar-refractivity contribution in [1.82, 2.24) is 15.0 Å². The maximum atomic E-state index is 13.3. The van der Waals surface area contributed by atoms with E-state index >= 15 is 0 Å². The SMILES string of the molecule is Nc1ccnc(NCc2ccc(Oc3nccc(C(CC(=O)O)c4ccc(F)cc4)n3)cc2)c1. The lowest BCUT2D eigenvalue weighted by Crippen LogP contribution is -2.10. The minimum Gasteiger partial charge on any atom is -0.481 e. The van der Waals surface area contributed by atoms with Crippen molar-refractivity contribution in [2.45, 2.75) is 18.9 Å². The van der Waals surface area contributed by atoms with Crippen LogP contribution < -0.4 is 15.8 Å². The van der Waals surface area contributed by atoms with Gasteiger partial charge in [0.25, 0.3) is 0 Å². The van der Waals surface area contributed by atoms with Crippen molar-refractivity contribution >= 4 is 17.5 Å². The normalized spacial score (nSPS) is 11.6. The molecule has 9 heteroatoms. The quantitative estimate of drug-likeness (QED) is 0.332. The van der Waals surface area contributed by atoms with Crippen molar-refractivity contribution in [1.29, 1.82) is 0 Å². The Morgan fingerprint density at radius 3 is 2.47 bits per heavy atom. The molecule has 2 heterocycles. The first kappa shape index (κ1) is 22.7. The number of aliphatic carboxylic acids is 1. The molecule has 1 atom stereocenters. The number of aromatic nitrogens is 3. The second-order valence-corrected chi connectivity index (χ2v) is 7.54. The van der Waals surface area contributed by atoms with E-state index in [1.807, 2.05) is 12.1 Å². The van der Waals surface area contributed by atoms with Crippen molar-refractivity contribution in [3.05, 3.63) is 102 Å². The van der Waals surface area contributed by atoms with Gasteiger partial charge in [-0.2, -0.15) is 4.98 Å². The molecule has 8 nitrogen and oxygen atoms in total. The second-order valence-electron chi connectivity index (χ2n) is 7.54. The van der Waals surface area contributed by atoms with Gasteiger partial charge >= 0.3 is 12.0 Å². The highest BCUT2D eigenvalue weighted by Crippen LogP contribution is 2.28. The number of pyridine rings is 1. The van der Waals surface area contributed by atoms with E-state index in [2.05, 4.69) is 20.3 Å². The average Bonchev–Trinajstić information content (AvgIpc) is 2.83. The number of nitrogens with one attached hydrogen (secondary N) is 1. The molecular formula is C25H22FN5O3. The lowest BCUT2D eigenvalue weighted by molar-refractivity contribution is -0.137. The fourth-order valence-electron chi connectivity index (χ4n) is 3.38. The van der Waals surface area contributed by atoms with Gasteiger partial charge in [-0.1, -0.05) is 24.3 Å². The van der Waals surface area contributed by atoms with E-state index < -0.39 is 17.7 Å². The van der Waals surface area contributed by atoms with E-state index in [1.54, 1.807) is 48.7 Å². The molecule has 0 bridgehead atoms. The number of carbonyl (C=O) groups is 1. The van der Waals surface area contributed by atoms with Crippen molar-refractivity contribution in [2.24, 2.45) is 0 Å². The van der Waals surface area contributed by atoms with Crippen LogP contribution in [0.2, 0.25) is 0 Å². The maximum Gasteiger partial charge on any atom is 0.322 e. The molecule has 4 rings (SSSR count). The Hall–Kier alpha value is -4.53. The van der Waals surface area contributed by atoms with Crippen LogP contribution in [0.3, 0.4) is 0 Å². The Bertz CT molecular complexity index is 1270. The molecule has 0 aliphatic heterocycles. The van der Waals surface area contributed by atoms with Crippen molar-refractivity contribution in [2.75, 3.05) is 11.1 Å². The molecule has 0 saturated heterocycles. The van der Waals surface area contributed by atoms with Gasteiger partial charge < -0.3 is 20.9 Å². The third-order valence-electron chi connectivity index (χ3n) is 5.05. The van der Waals surface area contributed by atoms with Gasteiger partial charge in [-0.15, -0.1) is 0 Å². The molecule has 0 aliphatic rings. The number of rotatable bonds is 9. The van der Waals surface area contributed by atoms with E-state index in [4.69, 9.17) is 10.5 Å². The van der Waals surface area contributed by atoms with Gasteiger partial charge in [0, 0.05) is 36.6 Å². The number of hydrogen-bond acceptors (Lipinski definition) is 7. The van der Waals surface area contributed by atoms with Crippen LogP contribution in [0.4, 0.5) is 15.9 Å². The molecule has 4 N–H and O–H groups in total. The number of nitrogen functional groups attached to an aromatic ring is 1. The summed E-state index contributed by atoms with van der Waals surface area (Å²) in [6.45, 7) is 0.553. The van der Waals surface area contributed by atoms with Crippen molar-refractivity contribution in [3.8, 4) is 11.8 Å². The zero-order chi connectivity index (χ0) is 23.9. The molecule has 2 aromatic heterocycles. The molecule has 1 unspecified atom stereocenters. The molecule has 0 saturated carbocycles. The number of carboxylic acid groups (broad SMARTS) is 1. The summed E-state index contributed by atoms with van der Waals surface area (Å²) >= 11 is 0. The lowest BCUT2D eigenvalue weighted by atomic mass is 9.92.